The Morgan fingerprint density at radius 3 is 1.89 bits per heavy atom. The van der Waals surface area contributed by atoms with Gasteiger partial charge in [-0.15, -0.1) is 0 Å². The molecule has 3 aromatic carbocycles. The minimum absolute atomic E-state index is 0.0111. The first-order valence-corrected chi connectivity index (χ1v) is 20.1. The van der Waals surface area contributed by atoms with Crippen LogP contribution < -0.4 is 10.4 Å². The molecular weight excluding hydrogens is 581 g/mol. The van der Waals surface area contributed by atoms with E-state index in [9.17, 15) is 0 Å². The van der Waals surface area contributed by atoms with Gasteiger partial charge in [0.1, 0.15) is 0 Å². The lowest BCUT2D eigenvalue weighted by molar-refractivity contribution is -0.156. The highest BCUT2D eigenvalue weighted by Gasteiger charge is 2.78. The molecule has 240 valence electrons. The third-order valence-electron chi connectivity index (χ3n) is 15.6. The number of fused-ring (bicyclic) bond motifs is 6. The molecule has 5 aliphatic rings. The summed E-state index contributed by atoms with van der Waals surface area (Å²) in [5.74, 6) is 0.478. The van der Waals surface area contributed by atoms with Crippen molar-refractivity contribution in [2.75, 3.05) is 0 Å². The van der Waals surface area contributed by atoms with Gasteiger partial charge >= 0.3 is 0 Å². The van der Waals surface area contributed by atoms with Crippen molar-refractivity contribution in [3.63, 3.8) is 0 Å². The molecule has 0 aromatic heterocycles. The van der Waals surface area contributed by atoms with E-state index in [0.717, 1.165) is 19.3 Å². The maximum absolute atomic E-state index is 2.80. The molecule has 0 aliphatic heterocycles. The molecule has 0 bridgehead atoms. The Bertz CT molecular complexity index is 1880. The normalized spacial score (nSPS) is 29.6. The Balaban J connectivity index is 1.63. The lowest BCUT2D eigenvalue weighted by Gasteiger charge is -2.77. The highest BCUT2D eigenvalue weighted by molar-refractivity contribution is 7.10. The first-order valence-electron chi connectivity index (χ1n) is 18.1. The van der Waals surface area contributed by atoms with Crippen LogP contribution in [0.15, 0.2) is 137 Å². The maximum Gasteiger partial charge on any atom is 0.154 e. The van der Waals surface area contributed by atoms with Crippen LogP contribution in [-0.2, 0) is 6.42 Å². The molecule has 1 saturated carbocycles. The molecule has 0 heterocycles. The van der Waals surface area contributed by atoms with E-state index < -0.39 is 8.07 Å². The van der Waals surface area contributed by atoms with Crippen molar-refractivity contribution in [2.45, 2.75) is 86.1 Å². The molecule has 0 N–H and O–H groups in total. The minimum atomic E-state index is -2.80. The highest BCUT2D eigenvalue weighted by Crippen LogP contribution is 2.83. The van der Waals surface area contributed by atoms with Gasteiger partial charge in [-0.05, 0) is 86.1 Å². The quantitative estimate of drug-likeness (QED) is 0.251. The second kappa shape index (κ2) is 10.0. The van der Waals surface area contributed by atoms with Gasteiger partial charge in [-0.25, -0.2) is 0 Å². The number of hydrogen-bond acceptors (Lipinski definition) is 0. The molecular formula is C46H52Si. The summed E-state index contributed by atoms with van der Waals surface area (Å²) in [5, 5.41) is 4.62. The first kappa shape index (κ1) is 30.9. The van der Waals surface area contributed by atoms with E-state index in [-0.39, 0.29) is 26.7 Å². The average Bonchev–Trinajstić information content (AvgIpc) is 3.74. The molecule has 3 aromatic rings. The van der Waals surface area contributed by atoms with Crippen molar-refractivity contribution in [3.05, 3.63) is 148 Å². The summed E-state index contributed by atoms with van der Waals surface area (Å²) in [7, 11) is -2.80. The monoisotopic (exact) mass is 632 g/mol. The predicted octanol–water partition coefficient (Wildman–Crippen LogP) is 10.8. The van der Waals surface area contributed by atoms with E-state index in [1.165, 1.54) is 17.5 Å². The standard InChI is InChI=1S/C46H52Si/c1-42(2)43(3,4)45(7)39-30-20-19-29-37(39)40-36-28-18-15-21-32(36)31-38(40)41(45)46(8,44(42,5)6)47(35-26-16-17-27-35,33-22-11-9-12-23-33)34-24-13-10-14-25-34/h9-19,21-26,28-29,39H,20,27,30-31H2,1-8H3. The van der Waals surface area contributed by atoms with Crippen LogP contribution in [0.5, 0.6) is 0 Å². The van der Waals surface area contributed by atoms with Gasteiger partial charge in [0.15, 0.2) is 8.07 Å². The lowest BCUT2D eigenvalue weighted by atomic mass is 9.32. The van der Waals surface area contributed by atoms with E-state index in [4.69, 9.17) is 0 Å². The van der Waals surface area contributed by atoms with Crippen LogP contribution in [0.1, 0.15) is 85.8 Å². The minimum Gasteiger partial charge on any atom is -0.0842 e. The summed E-state index contributed by atoms with van der Waals surface area (Å²) >= 11 is 0. The Kier molecular flexibility index (Phi) is 6.60. The zero-order chi connectivity index (χ0) is 33.0. The molecule has 1 heteroatoms. The Hall–Kier alpha value is -3.42. The van der Waals surface area contributed by atoms with Crippen molar-refractivity contribution >= 4 is 24.0 Å². The Morgan fingerprint density at radius 2 is 1.28 bits per heavy atom. The first-order chi connectivity index (χ1) is 22.4. The summed E-state index contributed by atoms with van der Waals surface area (Å²) in [6, 6.07) is 33.1. The molecule has 0 nitrogen and oxygen atoms in total. The molecule has 1 fully saturated rings. The molecule has 5 aliphatic carbocycles. The van der Waals surface area contributed by atoms with Crippen molar-refractivity contribution in [1.29, 1.82) is 0 Å². The molecule has 0 radical (unpaired) electrons. The number of hydrogen-bond donors (Lipinski definition) is 0. The van der Waals surface area contributed by atoms with Gasteiger partial charge in [0.05, 0.1) is 0 Å². The summed E-state index contributed by atoms with van der Waals surface area (Å²) in [4.78, 5) is 0. The van der Waals surface area contributed by atoms with E-state index >= 15 is 0 Å². The van der Waals surface area contributed by atoms with Crippen LogP contribution in [0.3, 0.4) is 0 Å². The van der Waals surface area contributed by atoms with Crippen LogP contribution in [0.2, 0.25) is 5.04 Å². The molecule has 3 unspecified atom stereocenters. The van der Waals surface area contributed by atoms with Gasteiger partial charge in [-0.3, -0.25) is 0 Å². The van der Waals surface area contributed by atoms with Crippen molar-refractivity contribution in [2.24, 2.45) is 27.6 Å². The topological polar surface area (TPSA) is 0 Å². The van der Waals surface area contributed by atoms with Gasteiger partial charge in [-0.2, -0.15) is 0 Å². The largest absolute Gasteiger partial charge is 0.154 e. The summed E-state index contributed by atoms with van der Waals surface area (Å²) < 4.78 is 0. The molecule has 0 saturated heterocycles. The second-order valence-corrected chi connectivity index (χ2v) is 21.4. The van der Waals surface area contributed by atoms with Gasteiger partial charge in [0.2, 0.25) is 0 Å². The fraction of sp³-hybridized carbons (Fsp3) is 0.391. The number of rotatable bonds is 4. The summed E-state index contributed by atoms with van der Waals surface area (Å²) in [5.41, 5.74) is 9.58. The molecule has 0 amide bonds. The summed E-state index contributed by atoms with van der Waals surface area (Å²) in [6.07, 6.45) is 16.8. The zero-order valence-corrected chi connectivity index (χ0v) is 30.9. The van der Waals surface area contributed by atoms with Crippen molar-refractivity contribution < 1.29 is 0 Å². The van der Waals surface area contributed by atoms with Gasteiger partial charge in [0, 0.05) is 10.5 Å². The third-order valence-corrected chi connectivity index (χ3v) is 21.8. The van der Waals surface area contributed by atoms with Crippen molar-refractivity contribution in [3.8, 4) is 0 Å². The van der Waals surface area contributed by atoms with Crippen LogP contribution in [0.25, 0.3) is 5.57 Å². The Morgan fingerprint density at radius 1 is 0.660 bits per heavy atom. The molecule has 3 atom stereocenters. The second-order valence-electron chi connectivity index (χ2n) is 17.1. The smallest absolute Gasteiger partial charge is 0.0842 e. The van der Waals surface area contributed by atoms with Crippen LogP contribution in [0, 0.1) is 27.6 Å². The Labute approximate surface area is 285 Å². The van der Waals surface area contributed by atoms with E-state index in [1.807, 2.05) is 0 Å². The van der Waals surface area contributed by atoms with Gasteiger partial charge < -0.3 is 0 Å². The van der Waals surface area contributed by atoms with Crippen molar-refractivity contribution in [1.82, 2.24) is 0 Å². The molecule has 47 heavy (non-hydrogen) atoms. The van der Waals surface area contributed by atoms with Crippen LogP contribution >= 0.6 is 0 Å². The summed E-state index contributed by atoms with van der Waals surface area (Å²) in [6.45, 7) is 21.5. The van der Waals surface area contributed by atoms with E-state index in [1.54, 1.807) is 37.9 Å². The van der Waals surface area contributed by atoms with Crippen LogP contribution in [-0.4, -0.2) is 8.07 Å². The average molecular weight is 633 g/mol. The SMILES string of the molecule is CC12C(=C3Cc4ccccc4C3=C3C=CCCC31)C(C)([Si](C1=CC=CC1)(c1ccccc1)c1ccccc1)C(C)(C)C(C)(C)C2(C)C. The predicted molar refractivity (Wildman–Crippen MR) is 204 cm³/mol. The van der Waals surface area contributed by atoms with E-state index in [2.05, 4.69) is 171 Å². The highest BCUT2D eigenvalue weighted by atomic mass is 28.3. The maximum atomic E-state index is 2.79. The third kappa shape index (κ3) is 3.45. The fourth-order valence-corrected chi connectivity index (χ4v) is 19.2. The lowest BCUT2D eigenvalue weighted by Crippen LogP contribution is -2.78. The fourth-order valence-electron chi connectivity index (χ4n) is 12.1. The number of allylic oxidation sites excluding steroid dienone is 10. The van der Waals surface area contributed by atoms with Gasteiger partial charge in [0.25, 0.3) is 0 Å². The van der Waals surface area contributed by atoms with Gasteiger partial charge in [-0.1, -0.05) is 181 Å². The van der Waals surface area contributed by atoms with Crippen LogP contribution in [0.4, 0.5) is 0 Å². The number of benzene rings is 3. The zero-order valence-electron chi connectivity index (χ0n) is 29.9. The molecule has 0 spiro atoms. The molecule has 8 rings (SSSR count). The van der Waals surface area contributed by atoms with E-state index in [0.29, 0.717) is 5.92 Å².